The van der Waals surface area contributed by atoms with Crippen molar-refractivity contribution in [3.63, 3.8) is 0 Å². The fraction of sp³-hybridized carbons (Fsp3) is 0.286. The summed E-state index contributed by atoms with van der Waals surface area (Å²) in [7, 11) is 4.86. The molecular weight excluding hydrogens is 391 g/mol. The molecule has 0 spiro atoms. The van der Waals surface area contributed by atoms with Gasteiger partial charge in [0.2, 0.25) is 0 Å². The highest BCUT2D eigenvalue weighted by molar-refractivity contribution is 6.04. The van der Waals surface area contributed by atoms with Crippen molar-refractivity contribution in [1.82, 2.24) is 15.5 Å². The Labute approximate surface area is 173 Å². The van der Waals surface area contributed by atoms with E-state index in [0.717, 1.165) is 0 Å². The van der Waals surface area contributed by atoms with Crippen LogP contribution in [0.4, 0.5) is 10.2 Å². The second-order valence-electron chi connectivity index (χ2n) is 6.78. The van der Waals surface area contributed by atoms with Crippen molar-refractivity contribution in [2.45, 2.75) is 13.0 Å². The van der Waals surface area contributed by atoms with E-state index in [1.807, 2.05) is 6.92 Å². The molecular formula is C21H23FN4O4. The smallest absolute Gasteiger partial charge is 0.259 e. The van der Waals surface area contributed by atoms with Crippen LogP contribution in [0.2, 0.25) is 0 Å². The number of carbonyl (C=O) groups excluding carboxylic acids is 1. The molecule has 158 valence electrons. The van der Waals surface area contributed by atoms with Gasteiger partial charge in [-0.05, 0) is 37.3 Å². The molecule has 8 nitrogen and oxygen atoms in total. The van der Waals surface area contributed by atoms with Crippen LogP contribution in [-0.4, -0.2) is 49.9 Å². The summed E-state index contributed by atoms with van der Waals surface area (Å²) in [5.41, 5.74) is 0.709. The molecule has 0 fully saturated rings. The highest BCUT2D eigenvalue weighted by Crippen LogP contribution is 2.33. The molecule has 0 saturated heterocycles. The van der Waals surface area contributed by atoms with Gasteiger partial charge in [-0.2, -0.15) is 0 Å². The maximum atomic E-state index is 13.8. The zero-order valence-corrected chi connectivity index (χ0v) is 17.2. The molecule has 0 aliphatic heterocycles. The monoisotopic (exact) mass is 414 g/mol. The Balaban J connectivity index is 1.81. The summed E-state index contributed by atoms with van der Waals surface area (Å²) in [5.74, 6) is 0.320. The summed E-state index contributed by atoms with van der Waals surface area (Å²) in [5, 5.41) is 6.84. The van der Waals surface area contributed by atoms with E-state index >= 15 is 0 Å². The molecule has 30 heavy (non-hydrogen) atoms. The number of hydrogen-bond acceptors (Lipinski definition) is 7. The Morgan fingerprint density at radius 3 is 2.80 bits per heavy atom. The van der Waals surface area contributed by atoms with Gasteiger partial charge in [-0.1, -0.05) is 5.16 Å². The average molecular weight is 414 g/mol. The number of benzene rings is 1. The molecule has 0 radical (unpaired) electrons. The van der Waals surface area contributed by atoms with Gasteiger partial charge in [-0.25, -0.2) is 4.39 Å². The van der Waals surface area contributed by atoms with Crippen LogP contribution in [0.1, 0.15) is 17.3 Å². The summed E-state index contributed by atoms with van der Waals surface area (Å²) in [4.78, 5) is 18.7. The summed E-state index contributed by atoms with van der Waals surface area (Å²) in [6.07, 6.45) is 2.96. The minimum absolute atomic E-state index is 0.0418. The van der Waals surface area contributed by atoms with Gasteiger partial charge in [0.15, 0.2) is 23.1 Å². The van der Waals surface area contributed by atoms with Crippen LogP contribution < -0.4 is 19.7 Å². The molecule has 3 aromatic rings. The topological polar surface area (TPSA) is 89.7 Å². The van der Waals surface area contributed by atoms with E-state index in [1.54, 1.807) is 43.5 Å². The van der Waals surface area contributed by atoms with Crippen molar-refractivity contribution in [2.75, 3.05) is 32.6 Å². The first-order chi connectivity index (χ1) is 14.4. The Bertz CT molecular complexity index is 1010. The first-order valence-electron chi connectivity index (χ1n) is 9.26. The van der Waals surface area contributed by atoms with E-state index in [9.17, 15) is 9.18 Å². The van der Waals surface area contributed by atoms with Gasteiger partial charge in [-0.3, -0.25) is 9.78 Å². The van der Waals surface area contributed by atoms with Crippen molar-refractivity contribution >= 4 is 11.7 Å². The third kappa shape index (κ3) is 4.68. The van der Waals surface area contributed by atoms with Crippen LogP contribution >= 0.6 is 0 Å². The summed E-state index contributed by atoms with van der Waals surface area (Å²) >= 11 is 0. The standard InChI is InChI=1S/C21H23FN4O4/c1-13(29-15-6-5-9-23-12-15)11-24-21(27)18-19(30-25-20(18)26(2)3)14-7-8-16(22)17(10-14)28-4/h5-10,12-13H,11H2,1-4H3,(H,24,27). The number of anilines is 1. The Morgan fingerprint density at radius 1 is 1.33 bits per heavy atom. The number of amides is 1. The third-order valence-corrected chi connectivity index (χ3v) is 4.26. The molecule has 1 amide bonds. The minimum Gasteiger partial charge on any atom is -0.494 e. The number of pyridine rings is 1. The fourth-order valence-electron chi connectivity index (χ4n) is 2.81. The Kier molecular flexibility index (Phi) is 6.51. The van der Waals surface area contributed by atoms with Gasteiger partial charge < -0.3 is 24.2 Å². The lowest BCUT2D eigenvalue weighted by Gasteiger charge is -2.16. The van der Waals surface area contributed by atoms with Gasteiger partial charge in [0.1, 0.15) is 17.4 Å². The van der Waals surface area contributed by atoms with Crippen LogP contribution in [0, 0.1) is 5.82 Å². The van der Waals surface area contributed by atoms with Gasteiger partial charge in [-0.15, -0.1) is 0 Å². The van der Waals surface area contributed by atoms with E-state index in [1.165, 1.54) is 25.3 Å². The number of nitrogens with one attached hydrogen (secondary N) is 1. The third-order valence-electron chi connectivity index (χ3n) is 4.26. The van der Waals surface area contributed by atoms with Crippen molar-refractivity contribution in [1.29, 1.82) is 0 Å². The van der Waals surface area contributed by atoms with E-state index in [0.29, 0.717) is 17.1 Å². The Hall–Kier alpha value is -3.62. The molecule has 0 aliphatic rings. The number of methoxy groups -OCH3 is 1. The molecule has 1 aromatic carbocycles. The van der Waals surface area contributed by atoms with Crippen LogP contribution in [0.3, 0.4) is 0 Å². The number of nitrogens with zero attached hydrogens (tertiary/aromatic N) is 3. The summed E-state index contributed by atoms with van der Waals surface area (Å²) in [6, 6.07) is 7.76. The molecule has 3 rings (SSSR count). The average Bonchev–Trinajstić information content (AvgIpc) is 3.19. The van der Waals surface area contributed by atoms with Gasteiger partial charge >= 0.3 is 0 Å². The lowest BCUT2D eigenvalue weighted by atomic mass is 10.1. The number of aromatic nitrogens is 2. The predicted molar refractivity (Wildman–Crippen MR) is 109 cm³/mol. The van der Waals surface area contributed by atoms with Crippen molar-refractivity contribution < 1.29 is 23.2 Å². The van der Waals surface area contributed by atoms with Crippen molar-refractivity contribution in [2.24, 2.45) is 0 Å². The van der Waals surface area contributed by atoms with E-state index in [4.69, 9.17) is 14.0 Å². The van der Waals surface area contributed by atoms with E-state index in [-0.39, 0.29) is 35.6 Å². The highest BCUT2D eigenvalue weighted by atomic mass is 19.1. The maximum Gasteiger partial charge on any atom is 0.259 e. The molecule has 0 bridgehead atoms. The lowest BCUT2D eigenvalue weighted by molar-refractivity contribution is 0.0933. The van der Waals surface area contributed by atoms with Gasteiger partial charge in [0, 0.05) is 25.9 Å². The summed E-state index contributed by atoms with van der Waals surface area (Å²) < 4.78 is 30.0. The Morgan fingerprint density at radius 2 is 2.13 bits per heavy atom. The zero-order chi connectivity index (χ0) is 21.7. The van der Waals surface area contributed by atoms with E-state index in [2.05, 4.69) is 15.5 Å². The first kappa shape index (κ1) is 21.1. The summed E-state index contributed by atoms with van der Waals surface area (Å²) in [6.45, 7) is 2.08. The molecule has 1 atom stereocenters. The quantitative estimate of drug-likeness (QED) is 0.606. The van der Waals surface area contributed by atoms with Crippen molar-refractivity contribution in [3.05, 3.63) is 54.1 Å². The largest absolute Gasteiger partial charge is 0.494 e. The minimum atomic E-state index is -0.513. The number of hydrogen-bond donors (Lipinski definition) is 1. The number of ether oxygens (including phenoxy) is 2. The number of carbonyl (C=O) groups is 1. The van der Waals surface area contributed by atoms with Crippen LogP contribution in [0.5, 0.6) is 11.5 Å². The molecule has 0 saturated carbocycles. The predicted octanol–water partition coefficient (Wildman–Crippen LogP) is 3.15. The normalized spacial score (nSPS) is 11.6. The number of halogens is 1. The van der Waals surface area contributed by atoms with E-state index < -0.39 is 5.82 Å². The fourth-order valence-corrected chi connectivity index (χ4v) is 2.81. The van der Waals surface area contributed by atoms with Gasteiger partial charge in [0.25, 0.3) is 5.91 Å². The molecule has 0 aliphatic carbocycles. The molecule has 9 heteroatoms. The molecule has 2 aromatic heterocycles. The zero-order valence-electron chi connectivity index (χ0n) is 17.2. The van der Waals surface area contributed by atoms with Crippen LogP contribution in [-0.2, 0) is 0 Å². The van der Waals surface area contributed by atoms with Crippen LogP contribution in [0.25, 0.3) is 11.3 Å². The lowest BCUT2D eigenvalue weighted by Crippen LogP contribution is -2.34. The SMILES string of the molecule is COc1cc(-c2onc(N(C)C)c2C(=O)NCC(C)Oc2cccnc2)ccc1F. The highest BCUT2D eigenvalue weighted by Gasteiger charge is 2.26. The first-order valence-corrected chi connectivity index (χ1v) is 9.26. The second kappa shape index (κ2) is 9.25. The van der Waals surface area contributed by atoms with Crippen LogP contribution in [0.15, 0.2) is 47.2 Å². The number of rotatable bonds is 8. The van der Waals surface area contributed by atoms with Gasteiger partial charge in [0.05, 0.1) is 19.9 Å². The molecule has 1 unspecified atom stereocenters. The maximum absolute atomic E-state index is 13.8. The van der Waals surface area contributed by atoms with Crippen molar-refractivity contribution in [3.8, 4) is 22.8 Å². The second-order valence-corrected chi connectivity index (χ2v) is 6.78. The molecule has 1 N–H and O–H groups in total. The molecule has 2 heterocycles.